The number of hydrogen-bond donors (Lipinski definition) is 2. The van der Waals surface area contributed by atoms with Crippen LogP contribution in [-0.4, -0.2) is 46.8 Å². The van der Waals surface area contributed by atoms with Crippen molar-refractivity contribution < 1.29 is 21.6 Å². The number of hydrogen-bond acceptors (Lipinski definition) is 5. The van der Waals surface area contributed by atoms with Crippen LogP contribution >= 0.6 is 11.6 Å². The molecular weight excluding hydrogens is 364 g/mol. The second-order valence-corrected chi connectivity index (χ2v) is 9.70. The number of carbonyl (C=O) groups is 1. The molecule has 0 aromatic heterocycles. The first-order valence-corrected chi connectivity index (χ1v) is 10.6. The summed E-state index contributed by atoms with van der Waals surface area (Å²) in [6.07, 6.45) is 0.327. The summed E-state index contributed by atoms with van der Waals surface area (Å²) in [6, 6.07) is 5.27. The molecule has 7 nitrogen and oxygen atoms in total. The number of carbonyl (C=O) groups excluding carboxylic acids is 1. The standard InChI is InChI=1S/C13H17ClN2O5S2/c14-10-1-3-12(4-2-10)23(20,21)15-7-5-13(17)16-11-6-8-22(18,19)9-11/h1-4,11,15H,5-9H2,(H,16,17). The third-order valence-electron chi connectivity index (χ3n) is 3.37. The second-order valence-electron chi connectivity index (χ2n) is 5.27. The molecule has 23 heavy (non-hydrogen) atoms. The minimum Gasteiger partial charge on any atom is -0.352 e. The molecule has 0 radical (unpaired) electrons. The van der Waals surface area contributed by atoms with Crippen LogP contribution in [0.4, 0.5) is 0 Å². The summed E-state index contributed by atoms with van der Waals surface area (Å²) < 4.78 is 48.9. The highest BCUT2D eigenvalue weighted by Crippen LogP contribution is 2.14. The predicted octanol–water partition coefficient (Wildman–Crippen LogP) is 0.312. The van der Waals surface area contributed by atoms with Gasteiger partial charge in [0, 0.05) is 24.0 Å². The van der Waals surface area contributed by atoms with Crippen molar-refractivity contribution in [2.45, 2.75) is 23.8 Å². The Morgan fingerprint density at radius 2 is 1.91 bits per heavy atom. The SMILES string of the molecule is O=C(CCNS(=O)(=O)c1ccc(Cl)cc1)NC1CCS(=O)(=O)C1. The molecule has 2 N–H and O–H groups in total. The lowest BCUT2D eigenvalue weighted by Gasteiger charge is -2.11. The van der Waals surface area contributed by atoms with Crippen LogP contribution in [0, 0.1) is 0 Å². The molecule has 0 bridgehead atoms. The van der Waals surface area contributed by atoms with Crippen LogP contribution in [-0.2, 0) is 24.7 Å². The molecule has 1 fully saturated rings. The summed E-state index contributed by atoms with van der Waals surface area (Å²) in [4.78, 5) is 11.8. The van der Waals surface area contributed by atoms with Gasteiger partial charge in [0.2, 0.25) is 15.9 Å². The number of benzene rings is 1. The number of amides is 1. The number of sulfonamides is 1. The van der Waals surface area contributed by atoms with E-state index >= 15 is 0 Å². The Hall–Kier alpha value is -1.16. The Morgan fingerprint density at radius 1 is 1.26 bits per heavy atom. The third kappa shape index (κ3) is 5.45. The van der Waals surface area contributed by atoms with E-state index in [-0.39, 0.29) is 41.3 Å². The fraction of sp³-hybridized carbons (Fsp3) is 0.462. The quantitative estimate of drug-likeness (QED) is 0.738. The maximum atomic E-state index is 12.0. The van der Waals surface area contributed by atoms with E-state index in [0.29, 0.717) is 11.4 Å². The molecular formula is C13H17ClN2O5S2. The molecule has 1 aromatic rings. The van der Waals surface area contributed by atoms with Gasteiger partial charge in [0.15, 0.2) is 9.84 Å². The molecule has 1 amide bonds. The first kappa shape index (κ1) is 18.2. The van der Waals surface area contributed by atoms with Crippen LogP contribution in [0.15, 0.2) is 29.2 Å². The van der Waals surface area contributed by atoms with E-state index in [0.717, 1.165) is 0 Å². The number of sulfone groups is 1. The predicted molar refractivity (Wildman–Crippen MR) is 86.5 cm³/mol. The number of nitrogens with one attached hydrogen (secondary N) is 2. The Kier molecular flexibility index (Phi) is 5.66. The number of rotatable bonds is 6. The zero-order valence-corrected chi connectivity index (χ0v) is 14.5. The Morgan fingerprint density at radius 3 is 2.48 bits per heavy atom. The van der Waals surface area contributed by atoms with Crippen LogP contribution < -0.4 is 10.0 Å². The van der Waals surface area contributed by atoms with E-state index in [1.165, 1.54) is 24.3 Å². The maximum Gasteiger partial charge on any atom is 0.240 e. The molecule has 1 atom stereocenters. The monoisotopic (exact) mass is 380 g/mol. The molecule has 1 heterocycles. The molecule has 1 unspecified atom stereocenters. The van der Waals surface area contributed by atoms with Gasteiger partial charge in [0.05, 0.1) is 16.4 Å². The maximum absolute atomic E-state index is 12.0. The molecule has 10 heteroatoms. The van der Waals surface area contributed by atoms with E-state index in [1.54, 1.807) is 0 Å². The molecule has 0 spiro atoms. The zero-order chi connectivity index (χ0) is 17.1. The van der Waals surface area contributed by atoms with E-state index in [9.17, 15) is 21.6 Å². The summed E-state index contributed by atoms with van der Waals surface area (Å²) in [7, 11) is -6.76. The highest BCUT2D eigenvalue weighted by molar-refractivity contribution is 7.91. The topological polar surface area (TPSA) is 109 Å². The van der Waals surface area contributed by atoms with Gasteiger partial charge in [-0.05, 0) is 30.7 Å². The van der Waals surface area contributed by atoms with Crippen LogP contribution in [0.25, 0.3) is 0 Å². The van der Waals surface area contributed by atoms with E-state index in [4.69, 9.17) is 11.6 Å². The lowest BCUT2D eigenvalue weighted by atomic mass is 10.2. The Bertz CT molecular complexity index is 775. The second kappa shape index (κ2) is 7.16. The van der Waals surface area contributed by atoms with Gasteiger partial charge >= 0.3 is 0 Å². The van der Waals surface area contributed by atoms with Gasteiger partial charge < -0.3 is 5.32 Å². The van der Waals surface area contributed by atoms with Gasteiger partial charge in [-0.15, -0.1) is 0 Å². The first-order chi connectivity index (χ1) is 10.7. The molecule has 0 saturated carbocycles. The van der Waals surface area contributed by atoms with Crippen molar-refractivity contribution in [3.05, 3.63) is 29.3 Å². The Labute approximate surface area is 140 Å². The fourth-order valence-corrected chi connectivity index (χ4v) is 5.04. The average Bonchev–Trinajstić information content (AvgIpc) is 2.78. The normalized spacial score (nSPS) is 20.3. The molecule has 128 valence electrons. The largest absolute Gasteiger partial charge is 0.352 e. The number of halogens is 1. The molecule has 1 aliphatic heterocycles. The van der Waals surface area contributed by atoms with Gasteiger partial charge in [-0.3, -0.25) is 4.79 Å². The van der Waals surface area contributed by atoms with E-state index < -0.39 is 19.9 Å². The minimum atomic E-state index is -3.70. The highest BCUT2D eigenvalue weighted by Gasteiger charge is 2.28. The summed E-state index contributed by atoms with van der Waals surface area (Å²) in [5.41, 5.74) is 0. The van der Waals surface area contributed by atoms with Crippen molar-refractivity contribution in [1.82, 2.24) is 10.0 Å². The van der Waals surface area contributed by atoms with Gasteiger partial charge in [-0.2, -0.15) is 0 Å². The van der Waals surface area contributed by atoms with Crippen LogP contribution in [0.2, 0.25) is 5.02 Å². The van der Waals surface area contributed by atoms with Gasteiger partial charge in [-0.25, -0.2) is 21.6 Å². The fourth-order valence-electron chi connectivity index (χ4n) is 2.20. The molecule has 1 aliphatic rings. The van der Waals surface area contributed by atoms with Gasteiger partial charge in [0.1, 0.15) is 0 Å². The van der Waals surface area contributed by atoms with Crippen molar-refractivity contribution in [2.24, 2.45) is 0 Å². The molecule has 0 aliphatic carbocycles. The van der Waals surface area contributed by atoms with Crippen molar-refractivity contribution in [3.63, 3.8) is 0 Å². The van der Waals surface area contributed by atoms with Gasteiger partial charge in [-0.1, -0.05) is 11.6 Å². The van der Waals surface area contributed by atoms with Crippen molar-refractivity contribution >= 4 is 37.4 Å². The molecule has 1 aromatic carbocycles. The summed E-state index contributed by atoms with van der Waals surface area (Å²) in [5, 5.41) is 3.02. The zero-order valence-electron chi connectivity index (χ0n) is 12.2. The van der Waals surface area contributed by atoms with Crippen LogP contribution in [0.1, 0.15) is 12.8 Å². The third-order valence-corrected chi connectivity index (χ3v) is 6.86. The molecule has 2 rings (SSSR count). The lowest BCUT2D eigenvalue weighted by molar-refractivity contribution is -0.121. The van der Waals surface area contributed by atoms with Crippen molar-refractivity contribution in [2.75, 3.05) is 18.1 Å². The van der Waals surface area contributed by atoms with Crippen molar-refractivity contribution in [3.8, 4) is 0 Å². The summed E-state index contributed by atoms with van der Waals surface area (Å²) in [5.74, 6) is -0.373. The van der Waals surface area contributed by atoms with E-state index in [1.807, 2.05) is 0 Å². The van der Waals surface area contributed by atoms with Crippen LogP contribution in [0.5, 0.6) is 0 Å². The van der Waals surface area contributed by atoms with Crippen molar-refractivity contribution in [1.29, 1.82) is 0 Å². The summed E-state index contributed by atoms with van der Waals surface area (Å²) >= 11 is 5.70. The minimum absolute atomic E-state index is 0.0594. The van der Waals surface area contributed by atoms with Gasteiger partial charge in [0.25, 0.3) is 0 Å². The lowest BCUT2D eigenvalue weighted by Crippen LogP contribution is -2.37. The Balaban J connectivity index is 1.80. The van der Waals surface area contributed by atoms with E-state index in [2.05, 4.69) is 10.0 Å². The summed E-state index contributed by atoms with van der Waals surface area (Å²) in [6.45, 7) is -0.0732. The first-order valence-electron chi connectivity index (χ1n) is 6.93. The molecule has 1 saturated heterocycles. The average molecular weight is 381 g/mol. The highest BCUT2D eigenvalue weighted by atomic mass is 35.5. The van der Waals surface area contributed by atoms with Crippen LogP contribution in [0.3, 0.4) is 0 Å². The smallest absolute Gasteiger partial charge is 0.240 e.